The number of hydrogen-bond donors (Lipinski definition) is 0. The van der Waals surface area contributed by atoms with E-state index in [-0.39, 0.29) is 23.7 Å². The lowest BCUT2D eigenvalue weighted by Gasteiger charge is -2.15. The molecule has 0 saturated carbocycles. The number of methoxy groups -OCH3 is 1. The molecule has 0 radical (unpaired) electrons. The van der Waals surface area contributed by atoms with Crippen molar-refractivity contribution < 1.29 is 18.8 Å². The van der Waals surface area contributed by atoms with Crippen molar-refractivity contribution in [1.82, 2.24) is 15.0 Å². The molecule has 0 bridgehead atoms. The van der Waals surface area contributed by atoms with Gasteiger partial charge in [-0.15, -0.1) is 0 Å². The largest absolute Gasteiger partial charge is 0.469 e. The molecule has 1 aliphatic rings. The van der Waals surface area contributed by atoms with Crippen molar-refractivity contribution >= 4 is 11.9 Å². The summed E-state index contributed by atoms with van der Waals surface area (Å²) in [6.45, 7) is 4.70. The highest BCUT2D eigenvalue weighted by Crippen LogP contribution is 2.24. The van der Waals surface area contributed by atoms with Gasteiger partial charge in [-0.2, -0.15) is 4.98 Å². The summed E-state index contributed by atoms with van der Waals surface area (Å²) in [5.41, 5.74) is 0. The number of esters is 1. The number of carbonyl (C=O) groups excluding carboxylic acids is 2. The van der Waals surface area contributed by atoms with Crippen molar-refractivity contribution in [1.29, 1.82) is 0 Å². The molecule has 7 nitrogen and oxygen atoms in total. The van der Waals surface area contributed by atoms with E-state index in [9.17, 15) is 9.59 Å². The van der Waals surface area contributed by atoms with E-state index in [1.807, 2.05) is 6.92 Å². The van der Waals surface area contributed by atoms with Crippen LogP contribution in [0.15, 0.2) is 4.52 Å². The van der Waals surface area contributed by atoms with Crippen molar-refractivity contribution in [3.05, 3.63) is 11.7 Å². The highest BCUT2D eigenvalue weighted by molar-refractivity contribution is 5.79. The molecule has 0 aliphatic carbocycles. The van der Waals surface area contributed by atoms with Gasteiger partial charge in [-0.1, -0.05) is 12.1 Å². The van der Waals surface area contributed by atoms with Gasteiger partial charge >= 0.3 is 5.97 Å². The van der Waals surface area contributed by atoms with E-state index in [2.05, 4.69) is 10.1 Å². The standard InChI is InChI=1S/C13H19N3O4/c1-8-6-16(7-10(8)13(18)19-3)12(17)5-4-11-14-9(2)15-20-11/h8,10H,4-7H2,1-3H3. The Bertz CT molecular complexity index is 500. The Morgan fingerprint density at radius 2 is 2.20 bits per heavy atom. The van der Waals surface area contributed by atoms with E-state index in [1.165, 1.54) is 7.11 Å². The number of aryl methyl sites for hydroxylation is 2. The summed E-state index contributed by atoms with van der Waals surface area (Å²) in [6.07, 6.45) is 0.732. The van der Waals surface area contributed by atoms with Crippen LogP contribution in [0.1, 0.15) is 25.1 Å². The molecular weight excluding hydrogens is 262 g/mol. The molecule has 1 aromatic heterocycles. The van der Waals surface area contributed by atoms with E-state index >= 15 is 0 Å². The van der Waals surface area contributed by atoms with Gasteiger partial charge in [-0.3, -0.25) is 9.59 Å². The van der Waals surface area contributed by atoms with Crippen molar-refractivity contribution in [2.45, 2.75) is 26.7 Å². The molecule has 110 valence electrons. The SMILES string of the molecule is COC(=O)C1CN(C(=O)CCc2nc(C)no2)CC1C. The molecule has 0 aromatic carbocycles. The summed E-state index contributed by atoms with van der Waals surface area (Å²) in [5.74, 6) is 0.673. The molecule has 0 spiro atoms. The quantitative estimate of drug-likeness (QED) is 0.750. The fourth-order valence-electron chi connectivity index (χ4n) is 2.44. The van der Waals surface area contributed by atoms with E-state index < -0.39 is 0 Å². The second kappa shape index (κ2) is 6.02. The summed E-state index contributed by atoms with van der Waals surface area (Å²) >= 11 is 0. The van der Waals surface area contributed by atoms with Gasteiger partial charge in [0.25, 0.3) is 0 Å². The third-order valence-corrected chi connectivity index (χ3v) is 3.59. The average molecular weight is 281 g/mol. The zero-order valence-corrected chi connectivity index (χ0v) is 12.0. The number of hydrogen-bond acceptors (Lipinski definition) is 6. The third-order valence-electron chi connectivity index (χ3n) is 3.59. The van der Waals surface area contributed by atoms with Gasteiger partial charge in [0.05, 0.1) is 13.0 Å². The minimum absolute atomic E-state index is 0.000828. The van der Waals surface area contributed by atoms with E-state index in [4.69, 9.17) is 9.26 Å². The Hall–Kier alpha value is -1.92. The number of nitrogens with zero attached hydrogens (tertiary/aromatic N) is 3. The van der Waals surface area contributed by atoms with Gasteiger partial charge in [-0.25, -0.2) is 0 Å². The molecule has 1 aromatic rings. The van der Waals surface area contributed by atoms with Crippen molar-refractivity contribution in [3.8, 4) is 0 Å². The molecule has 2 rings (SSSR count). The normalized spacial score (nSPS) is 22.1. The van der Waals surface area contributed by atoms with Crippen LogP contribution in [0, 0.1) is 18.8 Å². The van der Waals surface area contributed by atoms with Crippen LogP contribution in [0.25, 0.3) is 0 Å². The minimum atomic E-state index is -0.250. The van der Waals surface area contributed by atoms with Crippen LogP contribution in [0.5, 0.6) is 0 Å². The summed E-state index contributed by atoms with van der Waals surface area (Å²) in [7, 11) is 1.37. The van der Waals surface area contributed by atoms with Gasteiger partial charge in [0.1, 0.15) is 0 Å². The number of aromatic nitrogens is 2. The topological polar surface area (TPSA) is 85.5 Å². The van der Waals surface area contributed by atoms with Gasteiger partial charge in [-0.05, 0) is 12.8 Å². The first-order valence-electron chi connectivity index (χ1n) is 6.66. The smallest absolute Gasteiger partial charge is 0.310 e. The number of likely N-dealkylation sites (tertiary alicyclic amines) is 1. The molecule has 2 heterocycles. The van der Waals surface area contributed by atoms with Crippen LogP contribution in [-0.2, 0) is 20.7 Å². The summed E-state index contributed by atoms with van der Waals surface area (Å²) < 4.78 is 9.72. The lowest BCUT2D eigenvalue weighted by Crippen LogP contribution is -2.30. The highest BCUT2D eigenvalue weighted by Gasteiger charge is 2.37. The predicted octanol–water partition coefficient (Wildman–Crippen LogP) is 0.578. The minimum Gasteiger partial charge on any atom is -0.469 e. The van der Waals surface area contributed by atoms with Crippen molar-refractivity contribution in [3.63, 3.8) is 0 Å². The summed E-state index contributed by atoms with van der Waals surface area (Å²) in [5, 5.41) is 3.68. The third kappa shape index (κ3) is 3.15. The molecule has 20 heavy (non-hydrogen) atoms. The Kier molecular flexibility index (Phi) is 4.36. The highest BCUT2D eigenvalue weighted by atomic mass is 16.5. The lowest BCUT2D eigenvalue weighted by molar-refractivity contribution is -0.146. The van der Waals surface area contributed by atoms with Gasteiger partial charge in [0.15, 0.2) is 5.82 Å². The predicted molar refractivity (Wildman–Crippen MR) is 68.6 cm³/mol. The first-order valence-corrected chi connectivity index (χ1v) is 6.66. The summed E-state index contributed by atoms with van der Waals surface area (Å²) in [4.78, 5) is 29.5. The monoisotopic (exact) mass is 281 g/mol. The van der Waals surface area contributed by atoms with Gasteiger partial charge in [0.2, 0.25) is 11.8 Å². The van der Waals surface area contributed by atoms with Crippen LogP contribution in [0.2, 0.25) is 0 Å². The second-order valence-electron chi connectivity index (χ2n) is 5.14. The number of carbonyl (C=O) groups is 2. The number of rotatable bonds is 4. The Balaban J connectivity index is 1.86. The number of ether oxygens (including phenoxy) is 1. The molecule has 0 N–H and O–H groups in total. The molecule has 1 fully saturated rings. The second-order valence-corrected chi connectivity index (χ2v) is 5.14. The Morgan fingerprint density at radius 1 is 1.45 bits per heavy atom. The van der Waals surface area contributed by atoms with Gasteiger partial charge in [0, 0.05) is 25.9 Å². The first kappa shape index (κ1) is 14.5. The molecule has 1 aliphatic heterocycles. The maximum absolute atomic E-state index is 12.1. The summed E-state index contributed by atoms with van der Waals surface area (Å²) in [6, 6.07) is 0. The lowest BCUT2D eigenvalue weighted by atomic mass is 9.99. The Labute approximate surface area is 117 Å². The zero-order valence-electron chi connectivity index (χ0n) is 12.0. The van der Waals surface area contributed by atoms with Crippen LogP contribution in [-0.4, -0.2) is 47.1 Å². The first-order chi connectivity index (χ1) is 9.51. The van der Waals surface area contributed by atoms with Crippen LogP contribution < -0.4 is 0 Å². The van der Waals surface area contributed by atoms with Crippen molar-refractivity contribution in [2.24, 2.45) is 11.8 Å². The van der Waals surface area contributed by atoms with Crippen LogP contribution in [0.3, 0.4) is 0 Å². The zero-order chi connectivity index (χ0) is 14.7. The molecule has 1 saturated heterocycles. The maximum atomic E-state index is 12.1. The fourth-order valence-corrected chi connectivity index (χ4v) is 2.44. The molecule has 7 heteroatoms. The molecule has 2 atom stereocenters. The van der Waals surface area contributed by atoms with E-state index in [1.54, 1.807) is 11.8 Å². The van der Waals surface area contributed by atoms with Crippen molar-refractivity contribution in [2.75, 3.05) is 20.2 Å². The Morgan fingerprint density at radius 3 is 2.80 bits per heavy atom. The van der Waals surface area contributed by atoms with E-state index in [0.717, 1.165) is 0 Å². The molecule has 1 amide bonds. The fraction of sp³-hybridized carbons (Fsp3) is 0.692. The maximum Gasteiger partial charge on any atom is 0.310 e. The van der Waals surface area contributed by atoms with Gasteiger partial charge < -0.3 is 14.2 Å². The molecular formula is C13H19N3O4. The average Bonchev–Trinajstić information content (AvgIpc) is 3.01. The van der Waals surface area contributed by atoms with Crippen LogP contribution in [0.4, 0.5) is 0 Å². The number of amides is 1. The van der Waals surface area contributed by atoms with Crippen LogP contribution >= 0.6 is 0 Å². The van der Waals surface area contributed by atoms with E-state index in [0.29, 0.717) is 37.6 Å². The molecule has 2 unspecified atom stereocenters.